The van der Waals surface area contributed by atoms with Crippen molar-refractivity contribution in [3.05, 3.63) is 69.8 Å². The fourth-order valence-electron chi connectivity index (χ4n) is 2.11. The molecule has 6 heteroatoms. The molecule has 0 aliphatic heterocycles. The monoisotopic (exact) mass is 292 g/mol. The smallest absolute Gasteiger partial charge is 0.269 e. The molecule has 2 rings (SSSR count). The Bertz CT molecular complexity index is 642. The van der Waals surface area contributed by atoms with Gasteiger partial charge in [-0.1, -0.05) is 19.1 Å². The minimum Gasteiger partial charge on any atom is -0.378 e. The van der Waals surface area contributed by atoms with Crippen molar-refractivity contribution in [2.45, 2.75) is 19.4 Å². The molecule has 0 aromatic heterocycles. The molecule has 0 saturated heterocycles. The molecular formula is C15H14F2N2O2. The molecule has 1 N–H and O–H groups in total. The number of halogens is 2. The molecule has 0 aliphatic carbocycles. The first kappa shape index (κ1) is 14.9. The Kier molecular flexibility index (Phi) is 4.47. The Morgan fingerprint density at radius 3 is 2.43 bits per heavy atom. The Labute approximate surface area is 120 Å². The van der Waals surface area contributed by atoms with Gasteiger partial charge in [-0.05, 0) is 24.1 Å². The number of hydrogen-bond acceptors (Lipinski definition) is 3. The molecule has 21 heavy (non-hydrogen) atoms. The van der Waals surface area contributed by atoms with Crippen LogP contribution < -0.4 is 5.32 Å². The van der Waals surface area contributed by atoms with Gasteiger partial charge < -0.3 is 5.32 Å². The van der Waals surface area contributed by atoms with Crippen LogP contribution >= 0.6 is 0 Å². The van der Waals surface area contributed by atoms with Crippen LogP contribution in [0.15, 0.2) is 42.5 Å². The summed E-state index contributed by atoms with van der Waals surface area (Å²) in [6.45, 7) is 1.88. The van der Waals surface area contributed by atoms with Gasteiger partial charge in [-0.15, -0.1) is 0 Å². The van der Waals surface area contributed by atoms with Gasteiger partial charge in [0.05, 0.1) is 11.0 Å². The van der Waals surface area contributed by atoms with Gasteiger partial charge in [-0.2, -0.15) is 0 Å². The van der Waals surface area contributed by atoms with Crippen molar-refractivity contribution in [1.29, 1.82) is 0 Å². The first-order chi connectivity index (χ1) is 9.99. The third-order valence-corrected chi connectivity index (χ3v) is 3.10. The SMILES string of the molecule is CCC(Nc1cc(F)cc(F)c1)c1cccc([N+](=O)[O-])c1. The second-order valence-electron chi connectivity index (χ2n) is 4.62. The van der Waals surface area contributed by atoms with E-state index in [0.29, 0.717) is 17.7 Å². The van der Waals surface area contributed by atoms with Gasteiger partial charge >= 0.3 is 0 Å². The highest BCUT2D eigenvalue weighted by molar-refractivity contribution is 5.47. The molecule has 1 unspecified atom stereocenters. The van der Waals surface area contributed by atoms with Crippen molar-refractivity contribution in [1.82, 2.24) is 0 Å². The molecule has 0 saturated carbocycles. The lowest BCUT2D eigenvalue weighted by atomic mass is 10.0. The van der Waals surface area contributed by atoms with Gasteiger partial charge in [0.25, 0.3) is 5.69 Å². The Hall–Kier alpha value is -2.50. The maximum absolute atomic E-state index is 13.2. The lowest BCUT2D eigenvalue weighted by molar-refractivity contribution is -0.384. The molecule has 0 spiro atoms. The van der Waals surface area contributed by atoms with E-state index in [1.807, 2.05) is 6.92 Å². The van der Waals surface area contributed by atoms with Gasteiger partial charge in [0.15, 0.2) is 0 Å². The van der Waals surface area contributed by atoms with E-state index in [2.05, 4.69) is 5.32 Å². The number of nitro benzene ring substituents is 1. The number of anilines is 1. The molecule has 0 heterocycles. The van der Waals surface area contributed by atoms with E-state index in [1.54, 1.807) is 12.1 Å². The van der Waals surface area contributed by atoms with Crippen molar-refractivity contribution in [2.24, 2.45) is 0 Å². The first-order valence-corrected chi connectivity index (χ1v) is 6.46. The molecular weight excluding hydrogens is 278 g/mol. The summed E-state index contributed by atoms with van der Waals surface area (Å²) < 4.78 is 26.4. The zero-order chi connectivity index (χ0) is 15.4. The highest BCUT2D eigenvalue weighted by Gasteiger charge is 2.14. The standard InChI is InChI=1S/C15H14F2N2O2/c1-2-15(10-4-3-5-14(6-10)19(20)21)18-13-8-11(16)7-12(17)9-13/h3-9,15,18H,2H2,1H3. The first-order valence-electron chi connectivity index (χ1n) is 6.46. The minimum atomic E-state index is -0.675. The van der Waals surface area contributed by atoms with E-state index in [9.17, 15) is 18.9 Å². The average Bonchev–Trinajstić information content (AvgIpc) is 2.44. The summed E-state index contributed by atoms with van der Waals surface area (Å²) in [6.07, 6.45) is 0.610. The predicted octanol–water partition coefficient (Wildman–Crippen LogP) is 4.44. The van der Waals surface area contributed by atoms with E-state index < -0.39 is 16.6 Å². The second kappa shape index (κ2) is 6.30. The molecule has 0 aliphatic rings. The number of nitrogens with one attached hydrogen (secondary N) is 1. The summed E-state index contributed by atoms with van der Waals surface area (Å²) in [6, 6.07) is 9.07. The van der Waals surface area contributed by atoms with Crippen LogP contribution in [0.4, 0.5) is 20.2 Å². The van der Waals surface area contributed by atoms with Crippen molar-refractivity contribution >= 4 is 11.4 Å². The predicted molar refractivity (Wildman–Crippen MR) is 76.1 cm³/mol. The topological polar surface area (TPSA) is 55.2 Å². The summed E-state index contributed by atoms with van der Waals surface area (Å²) in [4.78, 5) is 10.3. The van der Waals surface area contributed by atoms with Crippen molar-refractivity contribution in [3.8, 4) is 0 Å². The number of non-ortho nitro benzene ring substituents is 1. The Morgan fingerprint density at radius 2 is 1.86 bits per heavy atom. The largest absolute Gasteiger partial charge is 0.378 e. The Morgan fingerprint density at radius 1 is 1.19 bits per heavy atom. The van der Waals surface area contributed by atoms with Crippen LogP contribution in [0.2, 0.25) is 0 Å². The molecule has 110 valence electrons. The van der Waals surface area contributed by atoms with E-state index in [-0.39, 0.29) is 11.7 Å². The molecule has 0 radical (unpaired) electrons. The normalized spacial score (nSPS) is 12.0. The quantitative estimate of drug-likeness (QED) is 0.655. The van der Waals surface area contributed by atoms with Crippen LogP contribution in [-0.4, -0.2) is 4.92 Å². The van der Waals surface area contributed by atoms with E-state index in [1.165, 1.54) is 24.3 Å². The molecule has 4 nitrogen and oxygen atoms in total. The summed E-state index contributed by atoms with van der Waals surface area (Å²) in [5, 5.41) is 13.8. The van der Waals surface area contributed by atoms with Crippen LogP contribution in [0.25, 0.3) is 0 Å². The highest BCUT2D eigenvalue weighted by Crippen LogP contribution is 2.26. The second-order valence-corrected chi connectivity index (χ2v) is 4.62. The van der Waals surface area contributed by atoms with Crippen LogP contribution in [0.5, 0.6) is 0 Å². The average molecular weight is 292 g/mol. The van der Waals surface area contributed by atoms with Crippen LogP contribution in [-0.2, 0) is 0 Å². The lowest BCUT2D eigenvalue weighted by Gasteiger charge is -2.18. The third-order valence-electron chi connectivity index (χ3n) is 3.10. The zero-order valence-electron chi connectivity index (χ0n) is 11.3. The minimum absolute atomic E-state index is 0.0156. The lowest BCUT2D eigenvalue weighted by Crippen LogP contribution is -2.10. The van der Waals surface area contributed by atoms with E-state index in [4.69, 9.17) is 0 Å². The highest BCUT2D eigenvalue weighted by atomic mass is 19.1. The van der Waals surface area contributed by atoms with Crippen LogP contribution in [0, 0.1) is 21.7 Å². The summed E-state index contributed by atoms with van der Waals surface area (Å²) in [5.74, 6) is -1.35. The molecule has 2 aromatic carbocycles. The van der Waals surface area contributed by atoms with Crippen molar-refractivity contribution in [2.75, 3.05) is 5.32 Å². The molecule has 0 bridgehead atoms. The number of benzene rings is 2. The number of rotatable bonds is 5. The fourth-order valence-corrected chi connectivity index (χ4v) is 2.11. The maximum Gasteiger partial charge on any atom is 0.269 e. The van der Waals surface area contributed by atoms with Gasteiger partial charge in [-0.25, -0.2) is 8.78 Å². The molecule has 2 aromatic rings. The molecule has 0 amide bonds. The third kappa shape index (κ3) is 3.75. The van der Waals surface area contributed by atoms with Gasteiger partial charge in [0.2, 0.25) is 0 Å². The van der Waals surface area contributed by atoms with Crippen LogP contribution in [0.1, 0.15) is 24.9 Å². The number of nitrogens with zero attached hydrogens (tertiary/aromatic N) is 1. The van der Waals surface area contributed by atoms with E-state index >= 15 is 0 Å². The molecule has 1 atom stereocenters. The summed E-state index contributed by atoms with van der Waals surface area (Å²) in [5.41, 5.74) is 0.973. The zero-order valence-corrected chi connectivity index (χ0v) is 11.3. The van der Waals surface area contributed by atoms with Gasteiger partial charge in [0, 0.05) is 23.9 Å². The summed E-state index contributed by atoms with van der Waals surface area (Å²) >= 11 is 0. The van der Waals surface area contributed by atoms with E-state index in [0.717, 1.165) is 6.07 Å². The number of nitro groups is 1. The van der Waals surface area contributed by atoms with Gasteiger partial charge in [0.1, 0.15) is 11.6 Å². The fraction of sp³-hybridized carbons (Fsp3) is 0.200. The van der Waals surface area contributed by atoms with Gasteiger partial charge in [-0.3, -0.25) is 10.1 Å². The maximum atomic E-state index is 13.2. The Balaban J connectivity index is 2.27. The number of hydrogen-bond donors (Lipinski definition) is 1. The van der Waals surface area contributed by atoms with Crippen LogP contribution in [0.3, 0.4) is 0 Å². The van der Waals surface area contributed by atoms with Crippen molar-refractivity contribution in [3.63, 3.8) is 0 Å². The van der Waals surface area contributed by atoms with Crippen molar-refractivity contribution < 1.29 is 13.7 Å². The molecule has 0 fully saturated rings. The summed E-state index contributed by atoms with van der Waals surface area (Å²) in [7, 11) is 0.